The molecule has 0 radical (unpaired) electrons. The molecule has 0 aliphatic heterocycles. The lowest BCUT2D eigenvalue weighted by Gasteiger charge is -2.07. The van der Waals surface area contributed by atoms with Gasteiger partial charge in [-0.3, -0.25) is 4.99 Å². The van der Waals surface area contributed by atoms with Crippen molar-refractivity contribution in [2.75, 3.05) is 0 Å². The Labute approximate surface area is 143 Å². The van der Waals surface area contributed by atoms with Gasteiger partial charge in [-0.05, 0) is 78.9 Å². The molecule has 110 valence electrons. The summed E-state index contributed by atoms with van der Waals surface area (Å²) in [5, 5.41) is 0. The van der Waals surface area contributed by atoms with Gasteiger partial charge in [0.05, 0.1) is 5.69 Å². The number of aromatic nitrogens is 2. The van der Waals surface area contributed by atoms with Crippen LogP contribution in [-0.4, -0.2) is 15.8 Å². The Bertz CT molecular complexity index is 802. The van der Waals surface area contributed by atoms with Crippen LogP contribution in [0.1, 0.15) is 17.0 Å². The molecule has 0 saturated carbocycles. The molecule has 0 atom stereocenters. The smallest absolute Gasteiger partial charge is 0.136 e. The molecular formula is C18H16IN3. The monoisotopic (exact) mass is 401 g/mol. The highest BCUT2D eigenvalue weighted by Gasteiger charge is 2.09. The first kappa shape index (κ1) is 15.0. The molecular weight excluding hydrogens is 385 g/mol. The van der Waals surface area contributed by atoms with Crippen LogP contribution in [0.4, 0.5) is 5.69 Å². The van der Waals surface area contributed by atoms with E-state index in [9.17, 15) is 0 Å². The van der Waals surface area contributed by atoms with E-state index < -0.39 is 0 Å². The Balaban J connectivity index is 1.94. The number of hydrogen-bond donors (Lipinski definition) is 0. The van der Waals surface area contributed by atoms with Crippen LogP contribution in [0, 0.1) is 17.4 Å². The van der Waals surface area contributed by atoms with E-state index in [1.807, 2.05) is 42.7 Å². The fraction of sp³-hybridized carbons (Fsp3) is 0.111. The second-order valence-corrected chi connectivity index (χ2v) is 6.33. The van der Waals surface area contributed by atoms with Crippen molar-refractivity contribution in [2.45, 2.75) is 13.8 Å². The Morgan fingerprint density at radius 2 is 1.86 bits per heavy atom. The van der Waals surface area contributed by atoms with Crippen LogP contribution in [0.5, 0.6) is 0 Å². The highest BCUT2D eigenvalue weighted by atomic mass is 127. The summed E-state index contributed by atoms with van der Waals surface area (Å²) in [6.45, 7) is 4.18. The summed E-state index contributed by atoms with van der Waals surface area (Å²) in [5.41, 5.74) is 4.37. The molecule has 4 heteroatoms. The number of rotatable bonds is 3. The van der Waals surface area contributed by atoms with E-state index in [1.54, 1.807) is 0 Å². The second kappa shape index (κ2) is 6.44. The molecule has 0 spiro atoms. The summed E-state index contributed by atoms with van der Waals surface area (Å²) < 4.78 is 3.36. The third kappa shape index (κ3) is 3.11. The Morgan fingerprint density at radius 3 is 2.55 bits per heavy atom. The van der Waals surface area contributed by atoms with Crippen molar-refractivity contribution in [3.63, 3.8) is 0 Å². The number of pyridine rings is 1. The van der Waals surface area contributed by atoms with Gasteiger partial charge in [-0.1, -0.05) is 6.07 Å². The third-order valence-corrected chi connectivity index (χ3v) is 4.25. The van der Waals surface area contributed by atoms with Crippen LogP contribution in [-0.2, 0) is 0 Å². The van der Waals surface area contributed by atoms with Crippen molar-refractivity contribution in [3.05, 3.63) is 75.2 Å². The van der Waals surface area contributed by atoms with Gasteiger partial charge in [0.15, 0.2) is 0 Å². The van der Waals surface area contributed by atoms with E-state index in [-0.39, 0.29) is 0 Å². The Kier molecular flexibility index (Phi) is 4.38. The van der Waals surface area contributed by atoms with Crippen LogP contribution in [0.25, 0.3) is 5.82 Å². The largest absolute Gasteiger partial charge is 0.303 e. The van der Waals surface area contributed by atoms with Crippen molar-refractivity contribution in [3.8, 4) is 5.82 Å². The quantitative estimate of drug-likeness (QED) is 0.456. The molecule has 3 aromatic rings. The summed E-state index contributed by atoms with van der Waals surface area (Å²) in [7, 11) is 0. The number of aliphatic imine (C=N–C) groups is 1. The lowest BCUT2D eigenvalue weighted by atomic mass is 10.2. The maximum absolute atomic E-state index is 4.56. The minimum atomic E-state index is 0.936. The molecule has 2 aromatic heterocycles. The normalized spacial score (nSPS) is 11.2. The molecule has 0 saturated heterocycles. The fourth-order valence-corrected chi connectivity index (χ4v) is 2.79. The molecule has 0 fully saturated rings. The maximum Gasteiger partial charge on any atom is 0.136 e. The standard InChI is InChI=1S/C18H16IN3/c1-13-11-15(12-21-17-8-6-16(19)7-9-17)14(2)22(13)18-5-3-4-10-20-18/h3-12H,1-2H3. The first-order chi connectivity index (χ1) is 10.6. The Morgan fingerprint density at radius 1 is 1.09 bits per heavy atom. The van der Waals surface area contributed by atoms with Crippen LogP contribution < -0.4 is 0 Å². The molecule has 0 aliphatic carbocycles. The zero-order chi connectivity index (χ0) is 15.5. The van der Waals surface area contributed by atoms with Crippen LogP contribution >= 0.6 is 22.6 Å². The van der Waals surface area contributed by atoms with Crippen molar-refractivity contribution in [2.24, 2.45) is 4.99 Å². The third-order valence-electron chi connectivity index (χ3n) is 3.53. The summed E-state index contributed by atoms with van der Waals surface area (Å²) in [4.78, 5) is 8.99. The van der Waals surface area contributed by atoms with Crippen LogP contribution in [0.15, 0.2) is 59.7 Å². The predicted octanol–water partition coefficient (Wildman–Crippen LogP) is 4.84. The van der Waals surface area contributed by atoms with Gasteiger partial charge in [-0.25, -0.2) is 4.98 Å². The van der Waals surface area contributed by atoms with Gasteiger partial charge in [0, 0.05) is 32.9 Å². The van der Waals surface area contributed by atoms with Gasteiger partial charge < -0.3 is 4.57 Å². The number of benzene rings is 1. The highest BCUT2D eigenvalue weighted by Crippen LogP contribution is 2.19. The molecule has 3 nitrogen and oxygen atoms in total. The predicted molar refractivity (Wildman–Crippen MR) is 99.5 cm³/mol. The number of aryl methyl sites for hydroxylation is 1. The van der Waals surface area contributed by atoms with E-state index in [4.69, 9.17) is 0 Å². The minimum absolute atomic E-state index is 0.936. The van der Waals surface area contributed by atoms with Gasteiger partial charge in [-0.2, -0.15) is 0 Å². The van der Waals surface area contributed by atoms with Crippen molar-refractivity contribution in [1.82, 2.24) is 9.55 Å². The lowest BCUT2D eigenvalue weighted by molar-refractivity contribution is 0.921. The van der Waals surface area contributed by atoms with Gasteiger partial charge in [0.2, 0.25) is 0 Å². The molecule has 0 amide bonds. The fourth-order valence-electron chi connectivity index (χ4n) is 2.43. The van der Waals surface area contributed by atoms with E-state index in [1.165, 1.54) is 3.57 Å². The molecule has 0 aliphatic rings. The molecule has 0 unspecified atom stereocenters. The SMILES string of the molecule is Cc1cc(C=Nc2ccc(I)cc2)c(C)n1-c1ccccn1. The van der Waals surface area contributed by atoms with Crippen molar-refractivity contribution >= 4 is 34.5 Å². The van der Waals surface area contributed by atoms with Gasteiger partial charge >= 0.3 is 0 Å². The van der Waals surface area contributed by atoms with E-state index in [0.717, 1.165) is 28.5 Å². The number of halogens is 1. The molecule has 0 N–H and O–H groups in total. The van der Waals surface area contributed by atoms with Gasteiger partial charge in [0.25, 0.3) is 0 Å². The molecule has 22 heavy (non-hydrogen) atoms. The highest BCUT2D eigenvalue weighted by molar-refractivity contribution is 14.1. The average molecular weight is 401 g/mol. The van der Waals surface area contributed by atoms with Crippen LogP contribution in [0.2, 0.25) is 0 Å². The van der Waals surface area contributed by atoms with E-state index >= 15 is 0 Å². The first-order valence-electron chi connectivity index (χ1n) is 7.05. The minimum Gasteiger partial charge on any atom is -0.303 e. The number of hydrogen-bond acceptors (Lipinski definition) is 2. The number of nitrogens with zero attached hydrogens (tertiary/aromatic N) is 3. The zero-order valence-electron chi connectivity index (χ0n) is 12.5. The molecule has 3 rings (SSSR count). The second-order valence-electron chi connectivity index (χ2n) is 5.08. The first-order valence-corrected chi connectivity index (χ1v) is 8.13. The summed E-state index contributed by atoms with van der Waals surface area (Å²) in [5.74, 6) is 0.936. The van der Waals surface area contributed by atoms with Crippen molar-refractivity contribution in [1.29, 1.82) is 0 Å². The van der Waals surface area contributed by atoms with E-state index in [2.05, 4.69) is 69.2 Å². The summed E-state index contributed by atoms with van der Waals surface area (Å²) in [6.07, 6.45) is 3.73. The maximum atomic E-state index is 4.56. The topological polar surface area (TPSA) is 30.2 Å². The lowest BCUT2D eigenvalue weighted by Crippen LogP contribution is -2.01. The average Bonchev–Trinajstić information content (AvgIpc) is 2.82. The van der Waals surface area contributed by atoms with E-state index in [0.29, 0.717) is 0 Å². The molecule has 2 heterocycles. The zero-order valence-corrected chi connectivity index (χ0v) is 14.7. The van der Waals surface area contributed by atoms with Gasteiger partial charge in [0.1, 0.15) is 5.82 Å². The summed E-state index contributed by atoms with van der Waals surface area (Å²) in [6, 6.07) is 16.2. The van der Waals surface area contributed by atoms with Gasteiger partial charge in [-0.15, -0.1) is 0 Å². The molecule has 0 bridgehead atoms. The summed E-state index contributed by atoms with van der Waals surface area (Å²) >= 11 is 2.29. The van der Waals surface area contributed by atoms with Crippen LogP contribution in [0.3, 0.4) is 0 Å². The molecule has 1 aromatic carbocycles. The Hall–Kier alpha value is -1.95. The van der Waals surface area contributed by atoms with Crippen molar-refractivity contribution < 1.29 is 0 Å².